The number of hydrogen-bond donors (Lipinski definition) is 0. The molecule has 27 heavy (non-hydrogen) atoms. The van der Waals surface area contributed by atoms with Crippen molar-refractivity contribution in [3.63, 3.8) is 0 Å². The summed E-state index contributed by atoms with van der Waals surface area (Å²) in [6.45, 7) is 4.89. The van der Waals surface area contributed by atoms with Crippen LogP contribution in [0.25, 0.3) is 0 Å². The predicted octanol–water partition coefficient (Wildman–Crippen LogP) is 3.33. The van der Waals surface area contributed by atoms with Crippen LogP contribution < -0.4 is 4.90 Å². The number of carbonyl (C=O) groups excluding carboxylic acids is 2. The van der Waals surface area contributed by atoms with Crippen molar-refractivity contribution in [2.24, 2.45) is 5.16 Å². The Bertz CT molecular complexity index is 810. The molecule has 0 amide bonds. The summed E-state index contributed by atoms with van der Waals surface area (Å²) < 4.78 is 5.35. The number of ketones is 1. The van der Waals surface area contributed by atoms with Crippen LogP contribution in [0, 0.1) is 0 Å². The van der Waals surface area contributed by atoms with Crippen molar-refractivity contribution in [1.82, 2.24) is 0 Å². The maximum atomic E-state index is 12.7. The van der Waals surface area contributed by atoms with Gasteiger partial charge >= 0.3 is 5.97 Å². The molecule has 3 rings (SSSR count). The van der Waals surface area contributed by atoms with Gasteiger partial charge in [0.05, 0.1) is 18.8 Å². The molecule has 0 aliphatic carbocycles. The molecule has 1 saturated heterocycles. The molecule has 2 aromatic carbocycles. The zero-order valence-corrected chi connectivity index (χ0v) is 15.3. The number of rotatable bonds is 6. The molecular formula is C21H22N2O4. The third kappa shape index (κ3) is 4.80. The number of nitrogens with zero attached hydrogens (tertiary/aromatic N) is 2. The second-order valence-corrected chi connectivity index (χ2v) is 6.11. The van der Waals surface area contributed by atoms with Gasteiger partial charge in [0.1, 0.15) is 5.71 Å². The van der Waals surface area contributed by atoms with E-state index in [1.54, 1.807) is 43.3 Å². The van der Waals surface area contributed by atoms with Gasteiger partial charge < -0.3 is 14.5 Å². The lowest BCUT2D eigenvalue weighted by atomic mass is 10.0. The van der Waals surface area contributed by atoms with Gasteiger partial charge in [-0.15, -0.1) is 0 Å². The maximum absolute atomic E-state index is 12.7. The summed E-state index contributed by atoms with van der Waals surface area (Å²) in [7, 11) is 0. The molecule has 0 unspecified atom stereocenters. The molecule has 0 spiro atoms. The Balaban J connectivity index is 1.67. The number of oxime groups is 1. The summed E-state index contributed by atoms with van der Waals surface area (Å²) in [4.78, 5) is 31.8. The Kier molecular flexibility index (Phi) is 6.33. The first-order chi connectivity index (χ1) is 13.2. The van der Waals surface area contributed by atoms with Crippen LogP contribution in [0.4, 0.5) is 5.69 Å². The van der Waals surface area contributed by atoms with Crippen molar-refractivity contribution in [2.75, 3.05) is 31.2 Å². The lowest BCUT2D eigenvalue weighted by Crippen LogP contribution is -2.36. The van der Waals surface area contributed by atoms with Crippen LogP contribution in [0.5, 0.6) is 0 Å². The Morgan fingerprint density at radius 1 is 1.00 bits per heavy atom. The highest BCUT2D eigenvalue weighted by Gasteiger charge is 2.16. The smallest absolute Gasteiger partial charge is 0.365 e. The molecule has 0 aromatic heterocycles. The van der Waals surface area contributed by atoms with Gasteiger partial charge in [0, 0.05) is 24.3 Å². The Morgan fingerprint density at radius 3 is 2.30 bits per heavy atom. The average Bonchev–Trinajstić information content (AvgIpc) is 2.75. The fraction of sp³-hybridized carbons (Fsp3) is 0.286. The standard InChI is InChI=1S/C21H22N2O4/c1-2-19(22-27-21(25)17-6-4-3-5-7-17)20(24)16-8-10-18(11-9-16)23-12-14-26-15-13-23/h3-11H,2,12-15H2,1H3. The van der Waals surface area contributed by atoms with Crippen molar-refractivity contribution >= 4 is 23.2 Å². The molecule has 1 aliphatic heterocycles. The van der Waals surface area contributed by atoms with Gasteiger partial charge in [0.15, 0.2) is 0 Å². The average molecular weight is 366 g/mol. The molecule has 2 aromatic rings. The number of morpholine rings is 1. The van der Waals surface area contributed by atoms with Gasteiger partial charge in [0.2, 0.25) is 5.78 Å². The van der Waals surface area contributed by atoms with Crippen LogP contribution in [-0.2, 0) is 9.57 Å². The lowest BCUT2D eigenvalue weighted by molar-refractivity contribution is 0.0515. The van der Waals surface area contributed by atoms with E-state index in [-0.39, 0.29) is 11.5 Å². The third-order valence-corrected chi connectivity index (χ3v) is 4.35. The van der Waals surface area contributed by atoms with Crippen LogP contribution in [0.15, 0.2) is 59.8 Å². The van der Waals surface area contributed by atoms with E-state index in [0.29, 0.717) is 30.8 Å². The minimum Gasteiger partial charge on any atom is -0.378 e. The molecule has 1 heterocycles. The summed E-state index contributed by atoms with van der Waals surface area (Å²) >= 11 is 0. The normalized spacial score (nSPS) is 14.7. The first kappa shape index (κ1) is 18.8. The minimum absolute atomic E-state index is 0.207. The molecule has 6 nitrogen and oxygen atoms in total. The first-order valence-electron chi connectivity index (χ1n) is 8.99. The molecule has 1 fully saturated rings. The van der Waals surface area contributed by atoms with E-state index in [4.69, 9.17) is 9.57 Å². The zero-order chi connectivity index (χ0) is 19.1. The van der Waals surface area contributed by atoms with Crippen LogP contribution in [-0.4, -0.2) is 43.8 Å². The lowest BCUT2D eigenvalue weighted by Gasteiger charge is -2.28. The van der Waals surface area contributed by atoms with Crippen molar-refractivity contribution in [3.05, 3.63) is 65.7 Å². The second kappa shape index (κ2) is 9.09. The van der Waals surface area contributed by atoms with Gasteiger partial charge in [0.25, 0.3) is 0 Å². The fourth-order valence-electron chi connectivity index (χ4n) is 2.80. The van der Waals surface area contributed by atoms with Crippen molar-refractivity contribution in [3.8, 4) is 0 Å². The Labute approximate surface area is 158 Å². The van der Waals surface area contributed by atoms with E-state index in [0.717, 1.165) is 18.8 Å². The molecule has 6 heteroatoms. The molecule has 0 atom stereocenters. The summed E-state index contributed by atoms with van der Waals surface area (Å²) in [5.41, 5.74) is 2.17. The molecule has 0 N–H and O–H groups in total. The zero-order valence-electron chi connectivity index (χ0n) is 15.3. The summed E-state index contributed by atoms with van der Waals surface area (Å²) in [6, 6.07) is 15.9. The first-order valence-corrected chi connectivity index (χ1v) is 8.99. The monoisotopic (exact) mass is 366 g/mol. The molecule has 0 saturated carbocycles. The van der Waals surface area contributed by atoms with Gasteiger partial charge in [-0.1, -0.05) is 30.3 Å². The highest BCUT2D eigenvalue weighted by atomic mass is 16.7. The van der Waals surface area contributed by atoms with Gasteiger partial charge in [-0.25, -0.2) is 4.79 Å². The van der Waals surface area contributed by atoms with E-state index in [1.165, 1.54) is 0 Å². The van der Waals surface area contributed by atoms with E-state index < -0.39 is 5.97 Å². The predicted molar refractivity (Wildman–Crippen MR) is 103 cm³/mol. The van der Waals surface area contributed by atoms with Gasteiger partial charge in [-0.2, -0.15) is 0 Å². The molecule has 0 bridgehead atoms. The minimum atomic E-state index is -0.586. The molecule has 1 aliphatic rings. The molecule has 140 valence electrons. The largest absolute Gasteiger partial charge is 0.378 e. The number of hydrogen-bond acceptors (Lipinski definition) is 6. The maximum Gasteiger partial charge on any atom is 0.365 e. The van der Waals surface area contributed by atoms with Crippen LogP contribution in [0.3, 0.4) is 0 Å². The fourth-order valence-corrected chi connectivity index (χ4v) is 2.80. The highest BCUT2D eigenvalue weighted by Crippen LogP contribution is 2.17. The van der Waals surface area contributed by atoms with Crippen LogP contribution >= 0.6 is 0 Å². The Morgan fingerprint density at radius 2 is 1.67 bits per heavy atom. The number of Topliss-reactive ketones (excluding diaryl/α,β-unsaturated/α-hetero) is 1. The van der Waals surface area contributed by atoms with Crippen LogP contribution in [0.1, 0.15) is 34.1 Å². The van der Waals surface area contributed by atoms with Crippen molar-refractivity contribution in [2.45, 2.75) is 13.3 Å². The molecule has 0 radical (unpaired) electrons. The van der Waals surface area contributed by atoms with Crippen molar-refractivity contribution in [1.29, 1.82) is 0 Å². The quantitative estimate of drug-likeness (QED) is 0.339. The summed E-state index contributed by atoms with van der Waals surface area (Å²) in [5, 5.41) is 3.80. The number of carbonyl (C=O) groups is 2. The van der Waals surface area contributed by atoms with Gasteiger partial charge in [-0.3, -0.25) is 4.79 Å². The number of benzene rings is 2. The van der Waals surface area contributed by atoms with Gasteiger partial charge in [-0.05, 0) is 42.8 Å². The number of anilines is 1. The van der Waals surface area contributed by atoms with E-state index >= 15 is 0 Å². The number of ether oxygens (including phenoxy) is 1. The van der Waals surface area contributed by atoms with E-state index in [2.05, 4.69) is 10.1 Å². The third-order valence-electron chi connectivity index (χ3n) is 4.35. The highest BCUT2D eigenvalue weighted by molar-refractivity contribution is 6.45. The topological polar surface area (TPSA) is 68.2 Å². The Hall–Kier alpha value is -2.99. The summed E-state index contributed by atoms with van der Waals surface area (Å²) in [5.74, 6) is -0.830. The molecular weight excluding hydrogens is 344 g/mol. The van der Waals surface area contributed by atoms with Crippen LogP contribution in [0.2, 0.25) is 0 Å². The van der Waals surface area contributed by atoms with E-state index in [1.807, 2.05) is 18.2 Å². The summed E-state index contributed by atoms with van der Waals surface area (Å²) in [6.07, 6.45) is 0.367. The SMILES string of the molecule is CCC(=NOC(=O)c1ccccc1)C(=O)c1ccc(N2CCOCC2)cc1. The second-order valence-electron chi connectivity index (χ2n) is 6.11. The van der Waals surface area contributed by atoms with Crippen molar-refractivity contribution < 1.29 is 19.2 Å². The van der Waals surface area contributed by atoms with E-state index in [9.17, 15) is 9.59 Å².